The topological polar surface area (TPSA) is 74.1 Å². The number of nitrogens with zero attached hydrogens (tertiary/aromatic N) is 3. The minimum Gasteiger partial charge on any atom is -0.461 e. The van der Waals surface area contributed by atoms with Crippen LogP contribution in [0.5, 0.6) is 0 Å². The lowest BCUT2D eigenvalue weighted by atomic mass is 10.1. The van der Waals surface area contributed by atoms with Crippen LogP contribution in [-0.2, 0) is 5.75 Å². The monoisotopic (exact) mass is 415 g/mol. The van der Waals surface area contributed by atoms with E-state index in [2.05, 4.69) is 10.2 Å². The van der Waals surface area contributed by atoms with Crippen molar-refractivity contribution in [2.45, 2.75) is 17.8 Å². The van der Waals surface area contributed by atoms with Gasteiger partial charge in [-0.3, -0.25) is 4.57 Å². The number of rotatable bonds is 5. The molecule has 0 aliphatic rings. The summed E-state index contributed by atoms with van der Waals surface area (Å²) < 4.78 is 12.9. The number of furan rings is 1. The van der Waals surface area contributed by atoms with Gasteiger partial charge < -0.3 is 8.83 Å². The van der Waals surface area contributed by atoms with Crippen LogP contribution in [0.3, 0.4) is 0 Å². The van der Waals surface area contributed by atoms with Gasteiger partial charge in [-0.05, 0) is 48.4 Å². The Morgan fingerprint density at radius 1 is 1.00 bits per heavy atom. The van der Waals surface area contributed by atoms with Gasteiger partial charge in [-0.1, -0.05) is 42.1 Å². The maximum atomic E-state index is 12.1. The third-order valence-corrected chi connectivity index (χ3v) is 5.71. The summed E-state index contributed by atoms with van der Waals surface area (Å²) in [6.45, 7) is 1.97. The molecule has 0 aliphatic carbocycles. The second kappa shape index (κ2) is 7.68. The van der Waals surface area contributed by atoms with Crippen molar-refractivity contribution >= 4 is 22.7 Å². The van der Waals surface area contributed by atoms with E-state index < -0.39 is 0 Å². The molecule has 0 atom stereocenters. The molecular formula is C23H17N3O3S. The van der Waals surface area contributed by atoms with E-state index in [1.807, 2.05) is 72.2 Å². The van der Waals surface area contributed by atoms with Crippen LogP contribution in [0, 0.1) is 6.92 Å². The van der Waals surface area contributed by atoms with E-state index in [0.717, 1.165) is 22.2 Å². The normalized spacial score (nSPS) is 11.2. The highest BCUT2D eigenvalue weighted by Gasteiger charge is 2.18. The highest BCUT2D eigenvalue weighted by molar-refractivity contribution is 7.98. The number of aryl methyl sites for hydroxylation is 1. The van der Waals surface area contributed by atoms with Gasteiger partial charge in [0.1, 0.15) is 5.58 Å². The van der Waals surface area contributed by atoms with Crippen molar-refractivity contribution in [2.75, 3.05) is 0 Å². The quantitative estimate of drug-likeness (QED) is 0.289. The Kier molecular flexibility index (Phi) is 4.72. The SMILES string of the molecule is Cc1ccc2c(CSc3nnc(-c4ccco4)n3-c3ccccc3)cc(=O)oc2c1. The van der Waals surface area contributed by atoms with Crippen LogP contribution in [0.25, 0.3) is 28.2 Å². The third kappa shape index (κ3) is 3.44. The van der Waals surface area contributed by atoms with Crippen molar-refractivity contribution < 1.29 is 8.83 Å². The highest BCUT2D eigenvalue weighted by Crippen LogP contribution is 2.31. The molecular weight excluding hydrogens is 398 g/mol. The Labute approximate surface area is 176 Å². The van der Waals surface area contributed by atoms with Crippen molar-refractivity contribution in [1.82, 2.24) is 14.8 Å². The summed E-state index contributed by atoms with van der Waals surface area (Å²) in [7, 11) is 0. The minimum absolute atomic E-state index is 0.357. The Morgan fingerprint density at radius 3 is 2.67 bits per heavy atom. The molecule has 0 unspecified atom stereocenters. The van der Waals surface area contributed by atoms with Gasteiger partial charge in [0.05, 0.1) is 6.26 Å². The number of hydrogen-bond donors (Lipinski definition) is 0. The largest absolute Gasteiger partial charge is 0.461 e. The van der Waals surface area contributed by atoms with Crippen LogP contribution < -0.4 is 5.63 Å². The number of fused-ring (bicyclic) bond motifs is 1. The number of hydrogen-bond acceptors (Lipinski definition) is 6. The van der Waals surface area contributed by atoms with Crippen LogP contribution in [0.2, 0.25) is 0 Å². The second-order valence-corrected chi connectivity index (χ2v) is 7.78. The standard InChI is InChI=1S/C23H17N3O3S/c1-15-9-10-18-16(13-21(27)29-20(18)12-15)14-30-23-25-24-22(19-8-5-11-28-19)26(23)17-6-3-2-4-7-17/h2-13H,14H2,1H3. The molecule has 30 heavy (non-hydrogen) atoms. The predicted molar refractivity (Wildman–Crippen MR) is 116 cm³/mol. The molecule has 3 aromatic heterocycles. The summed E-state index contributed by atoms with van der Waals surface area (Å²) in [5.41, 5.74) is 3.11. The minimum atomic E-state index is -0.357. The molecule has 0 spiro atoms. The lowest BCUT2D eigenvalue weighted by molar-refractivity contribution is 0.559. The fraction of sp³-hybridized carbons (Fsp3) is 0.0870. The summed E-state index contributed by atoms with van der Waals surface area (Å²) in [4.78, 5) is 12.1. The predicted octanol–water partition coefficient (Wildman–Crippen LogP) is 5.23. The van der Waals surface area contributed by atoms with Crippen molar-refractivity contribution in [3.05, 3.63) is 94.5 Å². The fourth-order valence-corrected chi connectivity index (χ4v) is 4.28. The van der Waals surface area contributed by atoms with Gasteiger partial charge in [0.15, 0.2) is 10.9 Å². The lowest BCUT2D eigenvalue weighted by Gasteiger charge is -2.10. The third-order valence-electron chi connectivity index (χ3n) is 4.73. The van der Waals surface area contributed by atoms with E-state index in [0.29, 0.717) is 28.1 Å². The van der Waals surface area contributed by atoms with E-state index in [1.54, 1.807) is 12.3 Å². The van der Waals surface area contributed by atoms with Gasteiger partial charge in [-0.15, -0.1) is 10.2 Å². The van der Waals surface area contributed by atoms with Gasteiger partial charge in [-0.2, -0.15) is 0 Å². The van der Waals surface area contributed by atoms with Gasteiger partial charge in [0, 0.05) is 22.9 Å². The van der Waals surface area contributed by atoms with E-state index in [-0.39, 0.29) is 5.63 Å². The summed E-state index contributed by atoms with van der Waals surface area (Å²) >= 11 is 1.51. The maximum Gasteiger partial charge on any atom is 0.336 e. The molecule has 0 saturated heterocycles. The average Bonchev–Trinajstić information content (AvgIpc) is 3.42. The fourth-order valence-electron chi connectivity index (χ4n) is 3.34. The molecule has 7 heteroatoms. The molecule has 0 aliphatic heterocycles. The first-order valence-electron chi connectivity index (χ1n) is 9.40. The van der Waals surface area contributed by atoms with E-state index in [4.69, 9.17) is 8.83 Å². The van der Waals surface area contributed by atoms with Crippen LogP contribution >= 0.6 is 11.8 Å². The zero-order valence-corrected chi connectivity index (χ0v) is 16.9. The molecule has 0 N–H and O–H groups in total. The van der Waals surface area contributed by atoms with Crippen LogP contribution in [0.1, 0.15) is 11.1 Å². The van der Waals surface area contributed by atoms with Gasteiger partial charge in [0.2, 0.25) is 5.82 Å². The van der Waals surface area contributed by atoms with Crippen LogP contribution in [0.15, 0.2) is 91.8 Å². The number of thioether (sulfide) groups is 1. The van der Waals surface area contributed by atoms with Crippen LogP contribution in [0.4, 0.5) is 0 Å². The number of para-hydroxylation sites is 1. The summed E-state index contributed by atoms with van der Waals surface area (Å²) in [5.74, 6) is 1.81. The van der Waals surface area contributed by atoms with Gasteiger partial charge in [0.25, 0.3) is 0 Å². The molecule has 148 valence electrons. The molecule has 0 bridgehead atoms. The first-order valence-corrected chi connectivity index (χ1v) is 10.4. The van der Waals surface area contributed by atoms with Crippen LogP contribution in [-0.4, -0.2) is 14.8 Å². The average molecular weight is 415 g/mol. The zero-order valence-electron chi connectivity index (χ0n) is 16.1. The first kappa shape index (κ1) is 18.4. The van der Waals surface area contributed by atoms with E-state index in [1.165, 1.54) is 11.8 Å². The summed E-state index contributed by atoms with van der Waals surface area (Å²) in [6, 6.07) is 21.0. The van der Waals surface area contributed by atoms with Crippen molar-refractivity contribution in [3.8, 4) is 17.3 Å². The number of benzene rings is 2. The number of aromatic nitrogens is 3. The Bertz CT molecular complexity index is 1370. The van der Waals surface area contributed by atoms with Crippen molar-refractivity contribution in [1.29, 1.82) is 0 Å². The highest BCUT2D eigenvalue weighted by atomic mass is 32.2. The van der Waals surface area contributed by atoms with Gasteiger partial charge >= 0.3 is 5.63 Å². The molecule has 0 fully saturated rings. The van der Waals surface area contributed by atoms with Gasteiger partial charge in [-0.25, -0.2) is 4.79 Å². The first-order chi connectivity index (χ1) is 14.7. The Morgan fingerprint density at radius 2 is 1.87 bits per heavy atom. The van der Waals surface area contributed by atoms with E-state index in [9.17, 15) is 4.79 Å². The summed E-state index contributed by atoms with van der Waals surface area (Å²) in [5, 5.41) is 10.4. The summed E-state index contributed by atoms with van der Waals surface area (Å²) in [6.07, 6.45) is 1.61. The van der Waals surface area contributed by atoms with Crippen molar-refractivity contribution in [3.63, 3.8) is 0 Å². The smallest absolute Gasteiger partial charge is 0.336 e. The zero-order chi connectivity index (χ0) is 20.5. The molecule has 2 aromatic carbocycles. The Balaban J connectivity index is 1.55. The molecule has 3 heterocycles. The van der Waals surface area contributed by atoms with Crippen molar-refractivity contribution in [2.24, 2.45) is 0 Å². The molecule has 5 aromatic rings. The maximum absolute atomic E-state index is 12.1. The molecule has 6 nitrogen and oxygen atoms in total. The lowest BCUT2D eigenvalue weighted by Crippen LogP contribution is -2.01. The molecule has 0 radical (unpaired) electrons. The Hall–Kier alpha value is -3.58. The van der Waals surface area contributed by atoms with E-state index >= 15 is 0 Å². The molecule has 0 saturated carbocycles. The second-order valence-electron chi connectivity index (χ2n) is 6.83. The molecule has 0 amide bonds. The molecule has 5 rings (SSSR count).